The van der Waals surface area contributed by atoms with Gasteiger partial charge in [-0.15, -0.1) is 0 Å². The van der Waals surface area contributed by atoms with Crippen LogP contribution < -0.4 is 5.32 Å². The second-order valence-electron chi connectivity index (χ2n) is 2.26. The van der Waals surface area contributed by atoms with Gasteiger partial charge in [-0.05, 0) is 42.0 Å². The van der Waals surface area contributed by atoms with Gasteiger partial charge in [-0.25, -0.2) is 4.79 Å². The minimum Gasteiger partial charge on any atom is -0.404 e. The highest BCUT2D eigenvalue weighted by molar-refractivity contribution is 14.1. The van der Waals surface area contributed by atoms with E-state index in [2.05, 4.69) is 12.2 Å². The molecule has 0 saturated heterocycles. The molecule has 0 heterocycles. The second-order valence-corrected chi connectivity index (χ2v) is 3.33. The van der Waals surface area contributed by atoms with E-state index in [-0.39, 0.29) is 6.09 Å². The van der Waals surface area contributed by atoms with Crippen LogP contribution in [0.4, 0.5) is 4.79 Å². The molecule has 0 rings (SSSR count). The second kappa shape index (κ2) is 7.39. The maximum atomic E-state index is 10.9. The van der Waals surface area contributed by atoms with Crippen LogP contribution in [0.3, 0.4) is 0 Å². The summed E-state index contributed by atoms with van der Waals surface area (Å²) in [5, 5.41) is 2.64. The third kappa shape index (κ3) is 6.45. The van der Waals surface area contributed by atoms with E-state index in [4.69, 9.17) is 4.74 Å². The van der Waals surface area contributed by atoms with Crippen molar-refractivity contribution in [3.8, 4) is 0 Å². The quantitative estimate of drug-likeness (QED) is 0.489. The van der Waals surface area contributed by atoms with Gasteiger partial charge in [-0.3, -0.25) is 0 Å². The van der Waals surface area contributed by atoms with Crippen molar-refractivity contribution in [3.63, 3.8) is 0 Å². The zero-order valence-electron chi connectivity index (χ0n) is 7.39. The lowest BCUT2D eigenvalue weighted by molar-refractivity contribution is 0.184. The molecule has 1 amide bonds. The van der Waals surface area contributed by atoms with Crippen LogP contribution in [0.5, 0.6) is 0 Å². The molecule has 0 atom stereocenters. The molecular weight excluding hydrogens is 269 g/mol. The van der Waals surface area contributed by atoms with E-state index in [1.807, 2.05) is 29.5 Å². The van der Waals surface area contributed by atoms with Crippen LogP contribution in [0.2, 0.25) is 0 Å². The van der Waals surface area contributed by atoms with Crippen molar-refractivity contribution in [1.82, 2.24) is 5.32 Å². The Bertz CT molecular complexity index is 168. The topological polar surface area (TPSA) is 38.3 Å². The monoisotopic (exact) mass is 283 g/mol. The van der Waals surface area contributed by atoms with Crippen molar-refractivity contribution < 1.29 is 9.53 Å². The average Bonchev–Trinajstić information content (AvgIpc) is 2.05. The van der Waals surface area contributed by atoms with E-state index in [9.17, 15) is 4.79 Å². The first-order valence-electron chi connectivity index (χ1n) is 3.98. The van der Waals surface area contributed by atoms with Crippen molar-refractivity contribution in [2.24, 2.45) is 0 Å². The molecule has 70 valence electrons. The minimum absolute atomic E-state index is 0.369. The number of ether oxygens (including phenoxy) is 1. The highest BCUT2D eigenvalue weighted by Gasteiger charge is 2.01. The fraction of sp³-hybridized carbons (Fsp3) is 0.625. The molecule has 3 nitrogen and oxygen atoms in total. The van der Waals surface area contributed by atoms with Gasteiger partial charge in [-0.2, -0.15) is 0 Å². The summed E-state index contributed by atoms with van der Waals surface area (Å²) >= 11 is 1.96. The first-order valence-corrected chi connectivity index (χ1v) is 5.06. The highest BCUT2D eigenvalue weighted by atomic mass is 127. The number of amides is 1. The molecule has 1 N–H and O–H groups in total. The lowest BCUT2D eigenvalue weighted by Crippen LogP contribution is -2.24. The average molecular weight is 283 g/mol. The predicted molar refractivity (Wildman–Crippen MR) is 57.2 cm³/mol. The molecule has 0 fully saturated rings. The number of hydrogen-bond acceptors (Lipinski definition) is 2. The molecule has 0 radical (unpaired) electrons. The summed E-state index contributed by atoms with van der Waals surface area (Å²) in [5.41, 5.74) is 0. The Morgan fingerprint density at radius 3 is 2.83 bits per heavy atom. The van der Waals surface area contributed by atoms with Gasteiger partial charge in [0.1, 0.15) is 0 Å². The maximum Gasteiger partial charge on any atom is 0.413 e. The summed E-state index contributed by atoms with van der Waals surface area (Å²) in [4.78, 5) is 10.9. The number of nitrogens with one attached hydrogen (secondary N) is 1. The first-order chi connectivity index (χ1) is 5.70. The number of allylic oxidation sites excluding steroid dienone is 1. The summed E-state index contributed by atoms with van der Waals surface area (Å²) in [7, 11) is 0. The van der Waals surface area contributed by atoms with Crippen LogP contribution in [0.1, 0.15) is 26.7 Å². The van der Waals surface area contributed by atoms with Crippen LogP contribution in [0.25, 0.3) is 0 Å². The lowest BCUT2D eigenvalue weighted by Gasteiger charge is -2.03. The van der Waals surface area contributed by atoms with Crippen LogP contribution in [0, 0.1) is 0 Å². The standard InChI is InChI=1S/C8H14INO2/c1-3-5-6-10-8(11)12-7(9)4-2/h4H,3,5-6H2,1-2H3,(H,10,11). The smallest absolute Gasteiger partial charge is 0.404 e. The van der Waals surface area contributed by atoms with E-state index >= 15 is 0 Å². The number of carbonyl (C=O) groups is 1. The molecule has 0 aromatic heterocycles. The molecule has 0 aromatic rings. The maximum absolute atomic E-state index is 10.9. The Hall–Kier alpha value is -0.260. The Morgan fingerprint density at radius 2 is 2.33 bits per heavy atom. The van der Waals surface area contributed by atoms with Gasteiger partial charge in [0.15, 0.2) is 3.77 Å². The fourth-order valence-corrected chi connectivity index (χ4v) is 0.751. The van der Waals surface area contributed by atoms with E-state index in [1.165, 1.54) is 0 Å². The van der Waals surface area contributed by atoms with Crippen LogP contribution in [-0.2, 0) is 4.74 Å². The molecule has 4 heteroatoms. The number of unbranched alkanes of at least 4 members (excludes halogenated alkanes) is 1. The highest BCUT2D eigenvalue weighted by Crippen LogP contribution is 2.06. The third-order valence-electron chi connectivity index (χ3n) is 1.22. The molecule has 0 saturated carbocycles. The van der Waals surface area contributed by atoms with Crippen LogP contribution in [0.15, 0.2) is 9.84 Å². The van der Waals surface area contributed by atoms with Crippen molar-refractivity contribution in [2.45, 2.75) is 26.7 Å². The van der Waals surface area contributed by atoms with Crippen molar-refractivity contribution >= 4 is 28.7 Å². The molecule has 0 aromatic carbocycles. The molecule has 0 aliphatic carbocycles. The molecule has 0 aliphatic rings. The number of halogens is 1. The lowest BCUT2D eigenvalue weighted by atomic mass is 10.3. The molecule has 0 bridgehead atoms. The fourth-order valence-electron chi connectivity index (χ4n) is 0.551. The largest absolute Gasteiger partial charge is 0.413 e. The van der Waals surface area contributed by atoms with Crippen LogP contribution in [-0.4, -0.2) is 12.6 Å². The zero-order valence-corrected chi connectivity index (χ0v) is 9.55. The molecule has 0 spiro atoms. The van der Waals surface area contributed by atoms with Gasteiger partial charge in [0.2, 0.25) is 0 Å². The summed E-state index contributed by atoms with van der Waals surface area (Å²) in [6.07, 6.45) is 3.42. The van der Waals surface area contributed by atoms with Gasteiger partial charge < -0.3 is 10.1 Å². The third-order valence-corrected chi connectivity index (χ3v) is 2.06. The van der Waals surface area contributed by atoms with Crippen LogP contribution >= 0.6 is 22.6 Å². The van der Waals surface area contributed by atoms with E-state index in [1.54, 1.807) is 6.08 Å². The van der Waals surface area contributed by atoms with E-state index in [0.29, 0.717) is 10.3 Å². The molecule has 0 aliphatic heterocycles. The summed E-state index contributed by atoms with van der Waals surface area (Å²) in [6.45, 7) is 4.58. The normalized spacial score (nSPS) is 11.1. The van der Waals surface area contributed by atoms with Gasteiger partial charge in [0.05, 0.1) is 0 Å². The summed E-state index contributed by atoms with van der Waals surface area (Å²) in [5.74, 6) is 0. The number of carbonyl (C=O) groups excluding carboxylic acids is 1. The van der Waals surface area contributed by atoms with Crippen molar-refractivity contribution in [2.75, 3.05) is 6.54 Å². The Labute approximate surface area is 86.7 Å². The Kier molecular flexibility index (Phi) is 7.23. The SMILES string of the molecule is CC=C(I)OC(=O)NCCCC. The minimum atomic E-state index is -0.369. The Morgan fingerprint density at radius 1 is 1.67 bits per heavy atom. The first kappa shape index (κ1) is 11.7. The number of alkyl carbamates (subject to hydrolysis) is 1. The van der Waals surface area contributed by atoms with Gasteiger partial charge in [0, 0.05) is 6.54 Å². The van der Waals surface area contributed by atoms with Gasteiger partial charge in [0.25, 0.3) is 0 Å². The summed E-state index contributed by atoms with van der Waals surface area (Å²) < 4.78 is 5.44. The number of hydrogen-bond donors (Lipinski definition) is 1. The Balaban J connectivity index is 3.47. The summed E-state index contributed by atoms with van der Waals surface area (Å²) in [6, 6.07) is 0. The molecule has 12 heavy (non-hydrogen) atoms. The predicted octanol–water partition coefficient (Wildman–Crippen LogP) is 2.81. The number of rotatable bonds is 4. The van der Waals surface area contributed by atoms with E-state index in [0.717, 1.165) is 12.8 Å². The van der Waals surface area contributed by atoms with Crippen molar-refractivity contribution in [3.05, 3.63) is 9.84 Å². The molecule has 0 unspecified atom stereocenters. The van der Waals surface area contributed by atoms with Gasteiger partial charge >= 0.3 is 6.09 Å². The van der Waals surface area contributed by atoms with Gasteiger partial charge in [-0.1, -0.05) is 13.3 Å². The van der Waals surface area contributed by atoms with E-state index < -0.39 is 0 Å². The zero-order chi connectivity index (χ0) is 9.40. The molecular formula is C8H14INO2. The van der Waals surface area contributed by atoms with Crippen molar-refractivity contribution in [1.29, 1.82) is 0 Å².